The number of hydrogen-bond acceptors (Lipinski definition) is 6. The Labute approximate surface area is 336 Å². The zero-order chi connectivity index (χ0) is 39.7. The predicted octanol–water partition coefficient (Wildman–Crippen LogP) is 15.0. The van der Waals surface area contributed by atoms with Crippen LogP contribution < -0.4 is 0 Å². The first-order valence-corrected chi connectivity index (χ1v) is 23.8. The number of ether oxygens (including phenoxy) is 3. The monoisotopic (exact) mass is 765 g/mol. The minimum Gasteiger partial charge on any atom is -0.462 e. The van der Waals surface area contributed by atoms with Crippen molar-refractivity contribution in [1.82, 2.24) is 0 Å². The molecule has 0 aromatic rings. The molecule has 6 heteroatoms. The Balaban J connectivity index is 4.20. The molecule has 0 fully saturated rings. The SMILES string of the molecule is CCCCCCCCCC(=O)O[C@@H](COC(=O)CCCCCCCCCCCCCCCCC(C)C)COC(=O)CCCCCCCCCCC(C)CC. The first-order valence-electron chi connectivity index (χ1n) is 23.8. The van der Waals surface area contributed by atoms with Gasteiger partial charge in [-0.3, -0.25) is 14.4 Å². The maximum atomic E-state index is 12.6. The van der Waals surface area contributed by atoms with Crippen LogP contribution in [-0.4, -0.2) is 37.2 Å². The van der Waals surface area contributed by atoms with Crippen LogP contribution in [0, 0.1) is 11.8 Å². The second kappa shape index (κ2) is 41.1. The van der Waals surface area contributed by atoms with Gasteiger partial charge in [0.15, 0.2) is 6.10 Å². The van der Waals surface area contributed by atoms with Gasteiger partial charge in [-0.1, -0.05) is 221 Å². The summed E-state index contributed by atoms with van der Waals surface area (Å²) >= 11 is 0. The van der Waals surface area contributed by atoms with Gasteiger partial charge in [-0.05, 0) is 31.1 Å². The Morgan fingerprint density at radius 1 is 0.389 bits per heavy atom. The van der Waals surface area contributed by atoms with Gasteiger partial charge in [0.05, 0.1) is 0 Å². The number of carbonyl (C=O) groups excluding carboxylic acids is 3. The molecule has 2 atom stereocenters. The van der Waals surface area contributed by atoms with Crippen LogP contribution in [0.5, 0.6) is 0 Å². The molecule has 0 aromatic heterocycles. The van der Waals surface area contributed by atoms with E-state index in [-0.39, 0.29) is 31.1 Å². The minimum absolute atomic E-state index is 0.0651. The lowest BCUT2D eigenvalue weighted by Gasteiger charge is -2.18. The van der Waals surface area contributed by atoms with Crippen LogP contribution in [0.15, 0.2) is 0 Å². The zero-order valence-corrected chi connectivity index (χ0v) is 36.8. The predicted molar refractivity (Wildman–Crippen MR) is 229 cm³/mol. The molecule has 0 radical (unpaired) electrons. The van der Waals surface area contributed by atoms with E-state index in [0.29, 0.717) is 19.3 Å². The summed E-state index contributed by atoms with van der Waals surface area (Å²) in [5, 5.41) is 0. The summed E-state index contributed by atoms with van der Waals surface area (Å²) in [6.07, 6.45) is 39.5. The molecule has 6 nitrogen and oxygen atoms in total. The Hall–Kier alpha value is -1.59. The Morgan fingerprint density at radius 2 is 0.704 bits per heavy atom. The minimum atomic E-state index is -0.759. The topological polar surface area (TPSA) is 78.9 Å². The van der Waals surface area contributed by atoms with E-state index in [1.165, 1.54) is 148 Å². The van der Waals surface area contributed by atoms with Crippen LogP contribution in [-0.2, 0) is 28.6 Å². The first-order chi connectivity index (χ1) is 26.3. The number of hydrogen-bond donors (Lipinski definition) is 0. The van der Waals surface area contributed by atoms with Crippen molar-refractivity contribution in [1.29, 1.82) is 0 Å². The summed E-state index contributed by atoms with van der Waals surface area (Å²) in [6, 6.07) is 0. The summed E-state index contributed by atoms with van der Waals surface area (Å²) in [4.78, 5) is 37.6. The molecule has 0 saturated heterocycles. The second-order valence-corrected chi connectivity index (χ2v) is 17.1. The Bertz CT molecular complexity index is 826. The fraction of sp³-hybridized carbons (Fsp3) is 0.938. The average Bonchev–Trinajstić information content (AvgIpc) is 3.15. The maximum absolute atomic E-state index is 12.6. The molecule has 0 heterocycles. The van der Waals surface area contributed by atoms with Crippen LogP contribution in [0.25, 0.3) is 0 Å². The maximum Gasteiger partial charge on any atom is 0.306 e. The van der Waals surface area contributed by atoms with E-state index in [1.807, 2.05) is 0 Å². The van der Waals surface area contributed by atoms with Gasteiger partial charge < -0.3 is 14.2 Å². The summed E-state index contributed by atoms with van der Waals surface area (Å²) in [5.74, 6) is 0.831. The van der Waals surface area contributed by atoms with Gasteiger partial charge in [0, 0.05) is 19.3 Å². The Kier molecular flexibility index (Phi) is 39.8. The lowest BCUT2D eigenvalue weighted by molar-refractivity contribution is -0.167. The van der Waals surface area contributed by atoms with Crippen molar-refractivity contribution in [2.45, 2.75) is 265 Å². The number of esters is 3. The molecule has 0 saturated carbocycles. The van der Waals surface area contributed by atoms with Gasteiger partial charge in [-0.2, -0.15) is 0 Å². The van der Waals surface area contributed by atoms with E-state index < -0.39 is 6.10 Å². The second-order valence-electron chi connectivity index (χ2n) is 17.1. The van der Waals surface area contributed by atoms with Gasteiger partial charge in [-0.25, -0.2) is 0 Å². The van der Waals surface area contributed by atoms with Crippen LogP contribution in [0.3, 0.4) is 0 Å². The molecule has 0 rings (SSSR count). The van der Waals surface area contributed by atoms with Crippen molar-refractivity contribution in [3.63, 3.8) is 0 Å². The Morgan fingerprint density at radius 3 is 1.06 bits per heavy atom. The van der Waals surface area contributed by atoms with Gasteiger partial charge in [0.1, 0.15) is 13.2 Å². The van der Waals surface area contributed by atoms with E-state index in [1.54, 1.807) is 0 Å². The largest absolute Gasteiger partial charge is 0.462 e. The molecule has 0 amide bonds. The van der Waals surface area contributed by atoms with E-state index in [2.05, 4.69) is 34.6 Å². The standard InChI is InChI=1S/C48H92O6/c1-6-8-9-10-21-30-35-40-48(51)54-45(42-53-47(50)39-34-29-25-20-19-23-27-32-37-44(5)7-2)41-52-46(49)38-33-28-24-18-16-14-12-11-13-15-17-22-26-31-36-43(3)4/h43-45H,6-42H2,1-5H3/t44?,45-/m0/s1. The molecule has 0 aliphatic carbocycles. The van der Waals surface area contributed by atoms with E-state index in [4.69, 9.17) is 14.2 Å². The molecular weight excluding hydrogens is 673 g/mol. The van der Waals surface area contributed by atoms with Crippen LogP contribution in [0.4, 0.5) is 0 Å². The van der Waals surface area contributed by atoms with Gasteiger partial charge in [0.2, 0.25) is 0 Å². The highest BCUT2D eigenvalue weighted by Crippen LogP contribution is 2.17. The fourth-order valence-corrected chi connectivity index (χ4v) is 7.07. The lowest BCUT2D eigenvalue weighted by atomic mass is 9.99. The van der Waals surface area contributed by atoms with Gasteiger partial charge in [-0.15, -0.1) is 0 Å². The molecular formula is C48H92O6. The highest BCUT2D eigenvalue weighted by Gasteiger charge is 2.19. The van der Waals surface area contributed by atoms with Crippen molar-refractivity contribution >= 4 is 17.9 Å². The molecule has 1 unspecified atom stereocenters. The highest BCUT2D eigenvalue weighted by atomic mass is 16.6. The molecule has 320 valence electrons. The third-order valence-corrected chi connectivity index (χ3v) is 11.1. The lowest BCUT2D eigenvalue weighted by Crippen LogP contribution is -2.30. The number of rotatable bonds is 42. The van der Waals surface area contributed by atoms with Crippen molar-refractivity contribution in [2.24, 2.45) is 11.8 Å². The summed E-state index contributed by atoms with van der Waals surface area (Å²) in [7, 11) is 0. The third-order valence-electron chi connectivity index (χ3n) is 11.1. The van der Waals surface area contributed by atoms with Crippen molar-refractivity contribution in [3.05, 3.63) is 0 Å². The molecule has 0 bridgehead atoms. The van der Waals surface area contributed by atoms with Crippen molar-refractivity contribution < 1.29 is 28.6 Å². The van der Waals surface area contributed by atoms with Gasteiger partial charge in [0.25, 0.3) is 0 Å². The number of unbranched alkanes of at least 4 members (excludes halogenated alkanes) is 26. The zero-order valence-electron chi connectivity index (χ0n) is 36.8. The molecule has 0 aliphatic rings. The average molecular weight is 765 g/mol. The van der Waals surface area contributed by atoms with E-state index in [0.717, 1.165) is 69.6 Å². The smallest absolute Gasteiger partial charge is 0.306 e. The molecule has 0 aromatic carbocycles. The fourth-order valence-electron chi connectivity index (χ4n) is 7.07. The first kappa shape index (κ1) is 52.4. The highest BCUT2D eigenvalue weighted by molar-refractivity contribution is 5.71. The molecule has 54 heavy (non-hydrogen) atoms. The quantitative estimate of drug-likeness (QED) is 0.0350. The van der Waals surface area contributed by atoms with Crippen LogP contribution in [0.2, 0.25) is 0 Å². The van der Waals surface area contributed by atoms with Gasteiger partial charge >= 0.3 is 17.9 Å². The summed E-state index contributed by atoms with van der Waals surface area (Å²) in [6.45, 7) is 11.3. The normalized spacial score (nSPS) is 12.6. The molecule has 0 aliphatic heterocycles. The van der Waals surface area contributed by atoms with Crippen LogP contribution in [0.1, 0.15) is 259 Å². The molecule has 0 spiro atoms. The third kappa shape index (κ3) is 40.1. The van der Waals surface area contributed by atoms with Crippen molar-refractivity contribution in [3.8, 4) is 0 Å². The summed E-state index contributed by atoms with van der Waals surface area (Å²) in [5.41, 5.74) is 0. The van der Waals surface area contributed by atoms with Crippen LogP contribution >= 0.6 is 0 Å². The van der Waals surface area contributed by atoms with E-state index in [9.17, 15) is 14.4 Å². The molecule has 0 N–H and O–H groups in total. The van der Waals surface area contributed by atoms with E-state index >= 15 is 0 Å². The number of carbonyl (C=O) groups is 3. The summed E-state index contributed by atoms with van der Waals surface area (Å²) < 4.78 is 16.7. The van der Waals surface area contributed by atoms with Crippen molar-refractivity contribution in [2.75, 3.05) is 13.2 Å².